The summed E-state index contributed by atoms with van der Waals surface area (Å²) < 4.78 is 0. The molecule has 6 heteroatoms. The molecule has 0 bridgehead atoms. The maximum absolute atomic E-state index is 12.0. The van der Waals surface area contributed by atoms with Crippen LogP contribution in [0.15, 0.2) is 24.3 Å². The number of nitrogens with zero attached hydrogens (tertiary/aromatic N) is 1. The second kappa shape index (κ2) is 9.48. The molecule has 0 aliphatic carbocycles. The van der Waals surface area contributed by atoms with E-state index in [0.717, 1.165) is 11.3 Å². The minimum atomic E-state index is -0.408. The van der Waals surface area contributed by atoms with Crippen LogP contribution in [-0.4, -0.2) is 35.9 Å². The van der Waals surface area contributed by atoms with Gasteiger partial charge in [-0.05, 0) is 36.1 Å². The molecular weight excluding hydrogens is 303 g/mol. The van der Waals surface area contributed by atoms with Gasteiger partial charge in [0.2, 0.25) is 5.91 Å². The minimum absolute atomic E-state index is 0. The van der Waals surface area contributed by atoms with E-state index in [1.54, 1.807) is 23.7 Å². The van der Waals surface area contributed by atoms with Gasteiger partial charge in [0.25, 0.3) is 0 Å². The highest BCUT2D eigenvalue weighted by atomic mass is 35.5. The van der Waals surface area contributed by atoms with Crippen LogP contribution >= 0.6 is 35.8 Å². The van der Waals surface area contributed by atoms with Crippen LogP contribution in [0.25, 0.3) is 0 Å². The summed E-state index contributed by atoms with van der Waals surface area (Å²) in [6.07, 6.45) is 2.72. The average Bonchev–Trinajstić information content (AvgIpc) is 2.37. The molecule has 1 amide bonds. The smallest absolute Gasteiger partial charge is 0.239 e. The van der Waals surface area contributed by atoms with Gasteiger partial charge in [-0.1, -0.05) is 23.7 Å². The van der Waals surface area contributed by atoms with Crippen LogP contribution in [0.1, 0.15) is 12.0 Å². The molecule has 0 fully saturated rings. The van der Waals surface area contributed by atoms with Crippen LogP contribution < -0.4 is 5.73 Å². The summed E-state index contributed by atoms with van der Waals surface area (Å²) in [5.74, 6) is 0.890. The highest BCUT2D eigenvalue weighted by Crippen LogP contribution is 2.11. The van der Waals surface area contributed by atoms with E-state index < -0.39 is 6.04 Å². The van der Waals surface area contributed by atoms with Gasteiger partial charge in [-0.3, -0.25) is 4.79 Å². The lowest BCUT2D eigenvalue weighted by atomic mass is 10.2. The first-order valence-corrected chi connectivity index (χ1v) is 7.55. The van der Waals surface area contributed by atoms with Gasteiger partial charge in [0, 0.05) is 18.6 Å². The fraction of sp³-hybridized carbons (Fsp3) is 0.462. The first-order valence-electron chi connectivity index (χ1n) is 5.78. The maximum atomic E-state index is 12.0. The quantitative estimate of drug-likeness (QED) is 0.876. The van der Waals surface area contributed by atoms with E-state index in [1.165, 1.54) is 0 Å². The summed E-state index contributed by atoms with van der Waals surface area (Å²) in [4.78, 5) is 13.6. The van der Waals surface area contributed by atoms with Crippen molar-refractivity contribution in [1.29, 1.82) is 0 Å². The normalized spacial score (nSPS) is 11.6. The van der Waals surface area contributed by atoms with Crippen molar-refractivity contribution in [2.75, 3.05) is 19.1 Å². The monoisotopic (exact) mass is 322 g/mol. The lowest BCUT2D eigenvalue weighted by Crippen LogP contribution is -2.41. The number of hydrogen-bond acceptors (Lipinski definition) is 3. The molecule has 19 heavy (non-hydrogen) atoms. The molecule has 3 nitrogen and oxygen atoms in total. The molecule has 2 N–H and O–H groups in total. The van der Waals surface area contributed by atoms with Crippen LogP contribution in [0.3, 0.4) is 0 Å². The third-order valence-electron chi connectivity index (χ3n) is 2.66. The van der Waals surface area contributed by atoms with Crippen LogP contribution in [-0.2, 0) is 11.3 Å². The molecule has 1 aromatic carbocycles. The largest absolute Gasteiger partial charge is 0.340 e. The van der Waals surface area contributed by atoms with Gasteiger partial charge < -0.3 is 10.6 Å². The Morgan fingerprint density at radius 3 is 2.53 bits per heavy atom. The molecule has 0 saturated heterocycles. The number of carbonyl (C=O) groups is 1. The predicted octanol–water partition coefficient (Wildman–Crippen LogP) is 2.80. The molecule has 1 aromatic rings. The van der Waals surface area contributed by atoms with Crippen LogP contribution in [0, 0.1) is 0 Å². The van der Waals surface area contributed by atoms with Crippen LogP contribution in [0.2, 0.25) is 5.02 Å². The zero-order chi connectivity index (χ0) is 13.5. The number of hydrogen-bond donors (Lipinski definition) is 1. The summed E-state index contributed by atoms with van der Waals surface area (Å²) in [7, 11) is 1.77. The van der Waals surface area contributed by atoms with Crippen molar-refractivity contribution in [2.45, 2.75) is 19.0 Å². The van der Waals surface area contributed by atoms with E-state index in [1.807, 2.05) is 30.5 Å². The summed E-state index contributed by atoms with van der Waals surface area (Å²) in [6, 6.07) is 7.07. The van der Waals surface area contributed by atoms with Crippen molar-refractivity contribution in [1.82, 2.24) is 4.90 Å². The van der Waals surface area contributed by atoms with Gasteiger partial charge in [-0.25, -0.2) is 0 Å². The number of thioether (sulfide) groups is 1. The Balaban J connectivity index is 0.00000324. The van der Waals surface area contributed by atoms with Crippen LogP contribution in [0.5, 0.6) is 0 Å². The Bertz CT molecular complexity index is 387. The summed E-state index contributed by atoms with van der Waals surface area (Å²) in [6.45, 7) is 0.559. The van der Waals surface area contributed by atoms with E-state index in [-0.39, 0.29) is 18.3 Å². The molecule has 0 aromatic heterocycles. The Morgan fingerprint density at radius 2 is 2.00 bits per heavy atom. The van der Waals surface area contributed by atoms with E-state index in [4.69, 9.17) is 17.3 Å². The Labute approximate surface area is 130 Å². The standard InChI is InChI=1S/C13H19ClN2OS.ClH/c1-16(13(17)12(15)7-8-18-2)9-10-3-5-11(14)6-4-10;/h3-6,12H,7-9,15H2,1-2H3;1H/t12-;/m0./s1. The SMILES string of the molecule is CSCC[C@H](N)C(=O)N(C)Cc1ccc(Cl)cc1.Cl. The highest BCUT2D eigenvalue weighted by Gasteiger charge is 2.17. The first-order chi connectivity index (χ1) is 8.54. The molecule has 1 rings (SSSR count). The van der Waals surface area contributed by atoms with Crippen LogP contribution in [0.4, 0.5) is 0 Å². The number of carbonyl (C=O) groups excluding carboxylic acids is 1. The Morgan fingerprint density at radius 1 is 1.42 bits per heavy atom. The number of rotatable bonds is 6. The van der Waals surface area contributed by atoms with E-state index >= 15 is 0 Å². The number of halogens is 2. The highest BCUT2D eigenvalue weighted by molar-refractivity contribution is 7.98. The number of likely N-dealkylation sites (N-methyl/N-ethyl adjacent to an activating group) is 1. The van der Waals surface area contributed by atoms with Gasteiger partial charge in [0.1, 0.15) is 0 Å². The number of nitrogens with two attached hydrogens (primary N) is 1. The molecule has 0 aliphatic rings. The van der Waals surface area contributed by atoms with Gasteiger partial charge in [0.05, 0.1) is 6.04 Å². The summed E-state index contributed by atoms with van der Waals surface area (Å²) in [5, 5.41) is 0.699. The second-order valence-corrected chi connectivity index (χ2v) is 5.63. The maximum Gasteiger partial charge on any atom is 0.239 e. The van der Waals surface area contributed by atoms with E-state index in [2.05, 4.69) is 0 Å². The molecule has 108 valence electrons. The zero-order valence-electron chi connectivity index (χ0n) is 11.1. The molecule has 0 saturated carbocycles. The third-order valence-corrected chi connectivity index (χ3v) is 3.56. The van der Waals surface area contributed by atoms with Crippen molar-refractivity contribution in [3.05, 3.63) is 34.9 Å². The first kappa shape index (κ1) is 18.6. The van der Waals surface area contributed by atoms with Gasteiger partial charge >= 0.3 is 0 Å². The van der Waals surface area contributed by atoms with E-state index in [9.17, 15) is 4.79 Å². The summed E-state index contributed by atoms with van der Waals surface area (Å²) in [5.41, 5.74) is 6.90. The fourth-order valence-electron chi connectivity index (χ4n) is 1.59. The van der Waals surface area contributed by atoms with Crippen molar-refractivity contribution in [3.8, 4) is 0 Å². The zero-order valence-corrected chi connectivity index (χ0v) is 13.5. The van der Waals surface area contributed by atoms with Crippen molar-refractivity contribution in [2.24, 2.45) is 5.73 Å². The lowest BCUT2D eigenvalue weighted by molar-refractivity contribution is -0.131. The van der Waals surface area contributed by atoms with Crippen molar-refractivity contribution in [3.63, 3.8) is 0 Å². The Kier molecular flexibility index (Phi) is 9.27. The molecule has 0 unspecified atom stereocenters. The van der Waals surface area contributed by atoms with Crippen molar-refractivity contribution < 1.29 is 4.79 Å². The number of amides is 1. The molecule has 1 atom stereocenters. The lowest BCUT2D eigenvalue weighted by Gasteiger charge is -2.21. The average molecular weight is 323 g/mol. The fourth-order valence-corrected chi connectivity index (χ4v) is 2.21. The van der Waals surface area contributed by atoms with Gasteiger partial charge in [-0.2, -0.15) is 11.8 Å². The molecule has 0 spiro atoms. The Hall–Kier alpha value is -0.420. The predicted molar refractivity (Wildman–Crippen MR) is 86.1 cm³/mol. The minimum Gasteiger partial charge on any atom is -0.340 e. The number of benzene rings is 1. The van der Waals surface area contributed by atoms with Gasteiger partial charge in [0.15, 0.2) is 0 Å². The van der Waals surface area contributed by atoms with E-state index in [0.29, 0.717) is 18.0 Å². The summed E-state index contributed by atoms with van der Waals surface area (Å²) >= 11 is 7.51. The second-order valence-electron chi connectivity index (χ2n) is 4.21. The molecule has 0 radical (unpaired) electrons. The molecule has 0 heterocycles. The molecular formula is C13H20Cl2N2OS. The van der Waals surface area contributed by atoms with Gasteiger partial charge in [-0.15, -0.1) is 12.4 Å². The van der Waals surface area contributed by atoms with Crippen molar-refractivity contribution >= 4 is 41.7 Å². The topological polar surface area (TPSA) is 46.3 Å². The third kappa shape index (κ3) is 6.52. The molecule has 0 aliphatic heterocycles.